The van der Waals surface area contributed by atoms with Gasteiger partial charge in [0.15, 0.2) is 18.1 Å². The van der Waals surface area contributed by atoms with Gasteiger partial charge in [0, 0.05) is 26.2 Å². The van der Waals surface area contributed by atoms with Crippen molar-refractivity contribution in [1.29, 1.82) is 0 Å². The van der Waals surface area contributed by atoms with E-state index in [1.807, 2.05) is 13.8 Å². The molecule has 1 fully saturated rings. The van der Waals surface area contributed by atoms with Gasteiger partial charge in [-0.2, -0.15) is 9.97 Å². The Morgan fingerprint density at radius 1 is 1.09 bits per heavy atom. The number of amides is 2. The zero-order valence-corrected chi connectivity index (χ0v) is 23.3. The zero-order valence-electron chi connectivity index (χ0n) is 23.3. The number of piperazine rings is 1. The minimum atomic E-state index is -0.899. The van der Waals surface area contributed by atoms with E-state index in [0.717, 1.165) is 16.7 Å². The van der Waals surface area contributed by atoms with Gasteiger partial charge in [-0.1, -0.05) is 26.5 Å². The Balaban J connectivity index is 1.68. The second kappa shape index (κ2) is 10.9. The smallest absolute Gasteiger partial charge is 0.356 e. The summed E-state index contributed by atoms with van der Waals surface area (Å²) >= 11 is 0. The van der Waals surface area contributed by atoms with Crippen molar-refractivity contribution in [3.05, 3.63) is 71.1 Å². The highest BCUT2D eigenvalue weighted by molar-refractivity contribution is 5.97. The number of aromatic nitrogens is 5. The number of carbonyl (C=O) groups excluding carboxylic acids is 2. The molecule has 12 nitrogen and oxygen atoms in total. The maximum atomic E-state index is 16.0. The summed E-state index contributed by atoms with van der Waals surface area (Å²) in [6.45, 7) is 7.92. The molecular formula is C29H26F2N8O4. The van der Waals surface area contributed by atoms with Gasteiger partial charge in [0.1, 0.15) is 29.3 Å². The topological polar surface area (TPSA) is 135 Å². The van der Waals surface area contributed by atoms with E-state index < -0.39 is 35.5 Å². The number of rotatable bonds is 3. The summed E-state index contributed by atoms with van der Waals surface area (Å²) in [5.74, 6) is -2.81. The summed E-state index contributed by atoms with van der Waals surface area (Å²) < 4.78 is 38.2. The number of nitrogens with zero attached hydrogens (tertiary/aromatic N) is 7. The standard InChI is InChI=1S/C29H26F2N8O4/c1-4-21(41)37-8-10-38(11-9-37)26-16-12-18(31)24-22-17(30)6-5-7-19(22)34-20(40)13-43-28-25(23(15(2)3)32-14-33-28)39(27(16)35-24)29(42)36-26/h4-7,12,14-15H,1,8-11,13H2,2-3H3,(H,34,40). The molecule has 1 saturated heterocycles. The SMILES string of the molecule is C=CC(=O)N1CCN(c2nc(=O)n3c4nc(c(F)cc24)-c2c(F)cccc2NC(=O)COc2ncnc(C(C)C)c2-3)CC1. The number of hydrogen-bond acceptors (Lipinski definition) is 9. The Morgan fingerprint density at radius 2 is 1.86 bits per heavy atom. The molecular weight excluding hydrogens is 562 g/mol. The van der Waals surface area contributed by atoms with Crippen molar-refractivity contribution in [2.24, 2.45) is 0 Å². The molecule has 0 aliphatic carbocycles. The Hall–Kier alpha value is -5.27. The molecule has 4 aromatic rings. The third-order valence-corrected chi connectivity index (χ3v) is 7.32. The monoisotopic (exact) mass is 588 g/mol. The van der Waals surface area contributed by atoms with Gasteiger partial charge in [-0.05, 0) is 30.2 Å². The van der Waals surface area contributed by atoms with Crippen LogP contribution in [0.1, 0.15) is 25.5 Å². The van der Waals surface area contributed by atoms with Crippen LogP contribution in [0.2, 0.25) is 0 Å². The van der Waals surface area contributed by atoms with Gasteiger partial charge in [-0.15, -0.1) is 0 Å². The van der Waals surface area contributed by atoms with Crippen LogP contribution in [-0.4, -0.2) is 74.0 Å². The van der Waals surface area contributed by atoms with Crippen LogP contribution >= 0.6 is 0 Å². The van der Waals surface area contributed by atoms with E-state index in [2.05, 4.69) is 31.8 Å². The molecule has 2 aliphatic rings. The van der Waals surface area contributed by atoms with Crippen molar-refractivity contribution in [1.82, 2.24) is 29.4 Å². The predicted octanol–water partition coefficient (Wildman–Crippen LogP) is 2.80. The number of anilines is 2. The number of carbonyl (C=O) groups is 2. The number of fused-ring (bicyclic) bond motifs is 5. The highest BCUT2D eigenvalue weighted by atomic mass is 19.1. The van der Waals surface area contributed by atoms with E-state index in [0.29, 0.717) is 31.9 Å². The van der Waals surface area contributed by atoms with Crippen molar-refractivity contribution in [2.75, 3.05) is 43.0 Å². The van der Waals surface area contributed by atoms with Crippen molar-refractivity contribution in [3.63, 3.8) is 0 Å². The first-order chi connectivity index (χ1) is 20.7. The molecule has 220 valence electrons. The largest absolute Gasteiger partial charge is 0.466 e. The minimum absolute atomic E-state index is 0.0307. The molecule has 0 atom stereocenters. The lowest BCUT2D eigenvalue weighted by Crippen LogP contribution is -2.49. The molecule has 1 N–H and O–H groups in total. The number of halogens is 2. The maximum absolute atomic E-state index is 16.0. The van der Waals surface area contributed by atoms with E-state index in [1.54, 1.807) is 9.80 Å². The molecule has 0 spiro atoms. The normalized spacial score (nSPS) is 14.9. The first-order valence-electron chi connectivity index (χ1n) is 13.5. The molecule has 0 saturated carbocycles. The van der Waals surface area contributed by atoms with Gasteiger partial charge >= 0.3 is 5.69 Å². The molecule has 1 aromatic carbocycles. The van der Waals surface area contributed by atoms with Crippen LogP contribution in [0.15, 0.2) is 48.0 Å². The van der Waals surface area contributed by atoms with Gasteiger partial charge < -0.3 is 19.9 Å². The number of benzene rings is 1. The second-order valence-corrected chi connectivity index (χ2v) is 10.3. The number of ether oxygens (including phenoxy) is 1. The van der Waals surface area contributed by atoms with Gasteiger partial charge in [0.25, 0.3) is 5.91 Å². The van der Waals surface area contributed by atoms with Gasteiger partial charge in [0.05, 0.1) is 22.3 Å². The summed E-state index contributed by atoms with van der Waals surface area (Å²) in [6, 6.07) is 5.04. The Morgan fingerprint density at radius 3 is 2.58 bits per heavy atom. The van der Waals surface area contributed by atoms with E-state index in [-0.39, 0.29) is 51.5 Å². The maximum Gasteiger partial charge on any atom is 0.356 e. The molecule has 2 aliphatic heterocycles. The van der Waals surface area contributed by atoms with Gasteiger partial charge in [-0.3, -0.25) is 9.59 Å². The fourth-order valence-electron chi connectivity index (χ4n) is 5.29. The highest BCUT2D eigenvalue weighted by Gasteiger charge is 2.30. The van der Waals surface area contributed by atoms with Crippen molar-refractivity contribution < 1.29 is 23.1 Å². The van der Waals surface area contributed by atoms with Crippen LogP contribution in [-0.2, 0) is 9.59 Å². The number of nitrogens with one attached hydrogen (secondary N) is 1. The first kappa shape index (κ1) is 27.9. The quantitative estimate of drug-likeness (QED) is 0.359. The number of hydrogen-bond donors (Lipinski definition) is 1. The third kappa shape index (κ3) is 4.83. The zero-order chi connectivity index (χ0) is 30.4. The van der Waals surface area contributed by atoms with Crippen LogP contribution < -0.4 is 20.6 Å². The second-order valence-electron chi connectivity index (χ2n) is 10.3. The summed E-state index contributed by atoms with van der Waals surface area (Å²) in [4.78, 5) is 59.7. The van der Waals surface area contributed by atoms with Crippen LogP contribution in [0.5, 0.6) is 5.88 Å². The molecule has 5 heterocycles. The number of pyridine rings is 1. The lowest BCUT2D eigenvalue weighted by molar-refractivity contribution is -0.126. The van der Waals surface area contributed by atoms with Crippen molar-refractivity contribution >= 4 is 34.4 Å². The summed E-state index contributed by atoms with van der Waals surface area (Å²) in [5.41, 5.74) is -1.11. The predicted molar refractivity (Wildman–Crippen MR) is 153 cm³/mol. The lowest BCUT2D eigenvalue weighted by atomic mass is 10.1. The van der Waals surface area contributed by atoms with Crippen LogP contribution in [0.4, 0.5) is 20.3 Å². The molecule has 3 aromatic heterocycles. The molecule has 43 heavy (non-hydrogen) atoms. The van der Waals surface area contributed by atoms with E-state index >= 15 is 8.78 Å². The minimum Gasteiger partial charge on any atom is -0.466 e. The van der Waals surface area contributed by atoms with Gasteiger partial charge in [-0.25, -0.2) is 28.1 Å². The van der Waals surface area contributed by atoms with Crippen LogP contribution in [0.3, 0.4) is 0 Å². The average Bonchev–Trinajstić information content (AvgIpc) is 2.99. The summed E-state index contributed by atoms with van der Waals surface area (Å²) in [6.07, 6.45) is 2.48. The van der Waals surface area contributed by atoms with Crippen LogP contribution in [0, 0.1) is 11.6 Å². The molecule has 14 heteroatoms. The van der Waals surface area contributed by atoms with Crippen molar-refractivity contribution in [3.8, 4) is 22.8 Å². The Labute approximate surface area is 243 Å². The van der Waals surface area contributed by atoms with E-state index in [4.69, 9.17) is 4.74 Å². The fraction of sp³-hybridized carbons (Fsp3) is 0.276. The molecule has 2 bridgehead atoms. The lowest BCUT2D eigenvalue weighted by Gasteiger charge is -2.35. The van der Waals surface area contributed by atoms with Crippen LogP contribution in [0.25, 0.3) is 28.0 Å². The summed E-state index contributed by atoms with van der Waals surface area (Å²) in [7, 11) is 0. The van der Waals surface area contributed by atoms with E-state index in [9.17, 15) is 14.4 Å². The van der Waals surface area contributed by atoms with Crippen molar-refractivity contribution in [2.45, 2.75) is 19.8 Å². The first-order valence-corrected chi connectivity index (χ1v) is 13.5. The Kier molecular flexibility index (Phi) is 7.04. The average molecular weight is 589 g/mol. The fourth-order valence-corrected chi connectivity index (χ4v) is 5.29. The molecule has 0 radical (unpaired) electrons. The highest BCUT2D eigenvalue weighted by Crippen LogP contribution is 2.37. The van der Waals surface area contributed by atoms with Gasteiger partial charge in [0.2, 0.25) is 11.8 Å². The molecule has 6 rings (SSSR count). The third-order valence-electron chi connectivity index (χ3n) is 7.32. The van der Waals surface area contributed by atoms with E-state index in [1.165, 1.54) is 24.5 Å². The Bertz CT molecular complexity index is 1870. The summed E-state index contributed by atoms with van der Waals surface area (Å²) in [5, 5.41) is 2.72. The molecule has 2 amide bonds. The molecule has 0 unspecified atom stereocenters.